The quantitative estimate of drug-likeness (QED) is 0.186. The summed E-state index contributed by atoms with van der Waals surface area (Å²) in [5.41, 5.74) is 2.62. The molecule has 2 saturated heterocycles. The van der Waals surface area contributed by atoms with Crippen LogP contribution in [0.5, 0.6) is 0 Å². The van der Waals surface area contributed by atoms with Crippen molar-refractivity contribution in [2.45, 2.75) is 124 Å². The molecular weight excluding hydrogens is 712 g/mol. The molecule has 3 saturated carbocycles. The molecule has 50 heavy (non-hydrogen) atoms. The van der Waals surface area contributed by atoms with Gasteiger partial charge in [0.25, 0.3) is 0 Å². The van der Waals surface area contributed by atoms with Gasteiger partial charge in [0.2, 0.25) is 5.91 Å². The molecule has 3 N–H and O–H groups in total. The molecule has 278 valence electrons. The van der Waals surface area contributed by atoms with Crippen LogP contribution in [0.1, 0.15) is 89.7 Å². The lowest BCUT2D eigenvalue weighted by Crippen LogP contribution is -2.62. The molecule has 7 rings (SSSR count). The van der Waals surface area contributed by atoms with E-state index in [1.54, 1.807) is 12.0 Å². The number of carbonyl (C=O) groups excluding carboxylic acids is 1. The Bertz CT molecular complexity index is 1430. The lowest BCUT2D eigenvalue weighted by atomic mass is 9.45. The van der Waals surface area contributed by atoms with Crippen LogP contribution in [-0.2, 0) is 29.3 Å². The molecule has 0 spiro atoms. The van der Waals surface area contributed by atoms with Crippen molar-refractivity contribution in [3.63, 3.8) is 0 Å². The molecule has 0 radical (unpaired) electrons. The number of hydrogen-bond acceptors (Lipinski definition) is 8. The first-order valence-corrected chi connectivity index (χ1v) is 20.8. The summed E-state index contributed by atoms with van der Waals surface area (Å²) in [5, 5.41) is 26.4. The Hall–Kier alpha value is -1.37. The third-order valence-corrected chi connectivity index (χ3v) is 14.3. The average molecular weight is 774 g/mol. The van der Waals surface area contributed by atoms with Crippen molar-refractivity contribution in [1.29, 1.82) is 0 Å². The number of nitrogens with one attached hydrogen (secondary N) is 1. The van der Waals surface area contributed by atoms with Gasteiger partial charge >= 0.3 is 0 Å². The second kappa shape index (κ2) is 16.3. The molecule has 0 unspecified atom stereocenters. The minimum Gasteiger partial charge on any atom is -0.394 e. The van der Waals surface area contributed by atoms with E-state index in [0.29, 0.717) is 41.7 Å². The van der Waals surface area contributed by atoms with Crippen molar-refractivity contribution < 1.29 is 19.8 Å². The molecule has 3 heterocycles. The molecule has 9 atom stereocenters. The highest BCUT2D eigenvalue weighted by Crippen LogP contribution is 2.61. The first-order valence-electron chi connectivity index (χ1n) is 19.1. The van der Waals surface area contributed by atoms with Crippen LogP contribution < -0.4 is 5.32 Å². The number of likely N-dealkylation sites (tertiary alicyclic amines) is 1. The molecule has 5 aliphatic rings. The van der Waals surface area contributed by atoms with Gasteiger partial charge in [-0.15, -0.1) is 11.3 Å². The van der Waals surface area contributed by atoms with Crippen molar-refractivity contribution in [2.75, 3.05) is 26.2 Å². The molecular formula is C40H61BrN4O4S. The van der Waals surface area contributed by atoms with E-state index in [2.05, 4.69) is 102 Å². The fourth-order valence-corrected chi connectivity index (χ4v) is 11.3. The van der Waals surface area contributed by atoms with E-state index >= 15 is 0 Å². The van der Waals surface area contributed by atoms with Crippen LogP contribution in [0.2, 0.25) is 0 Å². The summed E-state index contributed by atoms with van der Waals surface area (Å²) in [5.74, 6) is 1.59. The van der Waals surface area contributed by atoms with Crippen LogP contribution in [0.4, 0.5) is 0 Å². The number of aliphatic hydroxyl groups excluding tert-OH is 2. The Morgan fingerprint density at radius 1 is 1.12 bits per heavy atom. The molecule has 3 aliphatic carbocycles. The van der Waals surface area contributed by atoms with Crippen LogP contribution in [0.15, 0.2) is 40.2 Å². The highest BCUT2D eigenvalue weighted by atomic mass is 79.9. The molecule has 2 bridgehead atoms. The summed E-state index contributed by atoms with van der Waals surface area (Å²) in [6.07, 6.45) is 4.50. The van der Waals surface area contributed by atoms with Crippen molar-refractivity contribution >= 4 is 33.2 Å². The van der Waals surface area contributed by atoms with Gasteiger partial charge in [-0.25, -0.2) is 0 Å². The average Bonchev–Trinajstić information content (AvgIpc) is 3.81. The Morgan fingerprint density at radius 2 is 1.86 bits per heavy atom. The number of halogens is 1. The number of amides is 1. The highest BCUT2D eigenvalue weighted by molar-refractivity contribution is 9.11. The molecule has 5 fully saturated rings. The number of hydroxylamine groups is 2. The number of carbonyl (C=O) groups is 1. The Kier molecular flexibility index (Phi) is 12.5. The van der Waals surface area contributed by atoms with Crippen LogP contribution in [-0.4, -0.2) is 87.6 Å². The maximum atomic E-state index is 14.2. The smallest absolute Gasteiger partial charge is 0.240 e. The van der Waals surface area contributed by atoms with Crippen LogP contribution >= 0.6 is 27.3 Å². The number of hydrogen-bond donors (Lipinski definition) is 3. The Morgan fingerprint density at radius 3 is 2.48 bits per heavy atom. The largest absolute Gasteiger partial charge is 0.394 e. The third-order valence-electron chi connectivity index (χ3n) is 12.7. The Labute approximate surface area is 313 Å². The second-order valence-corrected chi connectivity index (χ2v) is 19.5. The molecule has 8 nitrogen and oxygen atoms in total. The molecule has 2 aromatic rings. The minimum absolute atomic E-state index is 0.106. The highest BCUT2D eigenvalue weighted by Gasteiger charge is 2.57. The molecule has 1 aromatic heterocycles. The summed E-state index contributed by atoms with van der Waals surface area (Å²) in [6, 6.07) is 12.9. The van der Waals surface area contributed by atoms with Gasteiger partial charge < -0.3 is 20.4 Å². The van der Waals surface area contributed by atoms with Crippen LogP contribution in [0, 0.1) is 35.0 Å². The standard InChI is InChI=1S/C40H61BrN4O4S/c1-25(2)16-31(22-43-14-7-8-15-43)44(23-32-12-13-36(41)50-32)20-28-10-9-11-29(17-28)21-45-38(37(27(4)47)35(24-46)49-45)39(48)42-34-19-30-18-33(26(34)3)40(30,5)6/h9-13,17,25-27,30-31,33-35,37-38,46-47H,7-8,14-16,18-24H2,1-6H3,(H,42,48)/t26-,27-,30-,31-,33+,34-,35-,37+,38-/m0/s1. The summed E-state index contributed by atoms with van der Waals surface area (Å²) in [6.45, 7) is 18.7. The number of nitrogens with zero attached hydrogens (tertiary/aromatic N) is 3. The molecule has 1 aromatic carbocycles. The fraction of sp³-hybridized carbons (Fsp3) is 0.725. The maximum Gasteiger partial charge on any atom is 0.240 e. The SMILES string of the molecule is CC(C)C[C@@H](CN1CCCC1)N(Cc1cccc(CN2O[C@@H](CO)[C@@H]([C@H](C)O)[C@H]2C(=O)N[C@H]2C[C@@H]3C[C@H]([C@@H]2C)C3(C)C)c1)Cc1ccc(Br)s1. The second-order valence-electron chi connectivity index (χ2n) is 17.0. The van der Waals surface area contributed by atoms with Gasteiger partial charge in [-0.2, -0.15) is 5.06 Å². The van der Waals surface area contributed by atoms with Gasteiger partial charge in [-0.05, 0) is 120 Å². The summed E-state index contributed by atoms with van der Waals surface area (Å²) in [4.78, 5) is 27.1. The van der Waals surface area contributed by atoms with E-state index < -0.39 is 24.2 Å². The number of thiophene rings is 1. The third kappa shape index (κ3) is 8.54. The Balaban J connectivity index is 1.20. The number of aliphatic hydroxyl groups is 2. The minimum atomic E-state index is -0.810. The summed E-state index contributed by atoms with van der Waals surface area (Å²) >= 11 is 5.49. The topological polar surface area (TPSA) is 88.5 Å². The molecule has 1 amide bonds. The van der Waals surface area contributed by atoms with Gasteiger partial charge in [0, 0.05) is 42.5 Å². The van der Waals surface area contributed by atoms with E-state index in [9.17, 15) is 15.0 Å². The van der Waals surface area contributed by atoms with Gasteiger partial charge in [-0.3, -0.25) is 14.5 Å². The predicted octanol–water partition coefficient (Wildman–Crippen LogP) is 6.68. The van der Waals surface area contributed by atoms with E-state index in [0.717, 1.165) is 41.8 Å². The van der Waals surface area contributed by atoms with Crippen molar-refractivity contribution in [3.05, 3.63) is 56.2 Å². The first kappa shape index (κ1) is 38.4. The summed E-state index contributed by atoms with van der Waals surface area (Å²) < 4.78 is 1.16. The summed E-state index contributed by atoms with van der Waals surface area (Å²) in [7, 11) is 0. The van der Waals surface area contributed by atoms with Crippen molar-refractivity contribution in [1.82, 2.24) is 20.2 Å². The van der Waals surface area contributed by atoms with Crippen LogP contribution in [0.25, 0.3) is 0 Å². The van der Waals surface area contributed by atoms with E-state index in [4.69, 9.17) is 4.84 Å². The normalized spacial score (nSPS) is 30.9. The van der Waals surface area contributed by atoms with Crippen molar-refractivity contribution in [2.24, 2.45) is 35.0 Å². The monoisotopic (exact) mass is 772 g/mol. The molecule has 10 heteroatoms. The van der Waals surface area contributed by atoms with E-state index in [1.807, 2.05) is 11.3 Å². The van der Waals surface area contributed by atoms with Crippen LogP contribution in [0.3, 0.4) is 0 Å². The van der Waals surface area contributed by atoms with Gasteiger partial charge in [-0.1, -0.05) is 58.9 Å². The van der Waals surface area contributed by atoms with Gasteiger partial charge in [0.15, 0.2) is 0 Å². The lowest BCUT2D eigenvalue weighted by molar-refractivity contribution is -0.183. The van der Waals surface area contributed by atoms with E-state index in [1.165, 1.54) is 42.8 Å². The fourth-order valence-electron chi connectivity index (χ4n) is 9.82. The molecule has 2 aliphatic heterocycles. The lowest BCUT2D eigenvalue weighted by Gasteiger charge is -2.62. The zero-order chi connectivity index (χ0) is 35.7. The van der Waals surface area contributed by atoms with Gasteiger partial charge in [0.05, 0.1) is 23.0 Å². The zero-order valence-corrected chi connectivity index (χ0v) is 33.5. The number of benzene rings is 1. The van der Waals surface area contributed by atoms with Gasteiger partial charge in [0.1, 0.15) is 12.1 Å². The van der Waals surface area contributed by atoms with Crippen molar-refractivity contribution in [3.8, 4) is 0 Å². The first-order chi connectivity index (χ1) is 23.8. The number of rotatable bonds is 15. The predicted molar refractivity (Wildman–Crippen MR) is 204 cm³/mol. The zero-order valence-electron chi connectivity index (χ0n) is 31.1. The number of fused-ring (bicyclic) bond motifs is 2. The maximum absolute atomic E-state index is 14.2. The van der Waals surface area contributed by atoms with E-state index in [-0.39, 0.29) is 18.6 Å².